The van der Waals surface area contributed by atoms with Crippen molar-refractivity contribution in [2.24, 2.45) is 11.8 Å². The van der Waals surface area contributed by atoms with Crippen molar-refractivity contribution < 1.29 is 19.1 Å². The highest BCUT2D eigenvalue weighted by Crippen LogP contribution is 2.55. The van der Waals surface area contributed by atoms with E-state index in [-0.39, 0.29) is 36.3 Å². The zero-order valence-corrected chi connectivity index (χ0v) is 17.3. The van der Waals surface area contributed by atoms with Crippen molar-refractivity contribution >= 4 is 17.7 Å². The van der Waals surface area contributed by atoms with Gasteiger partial charge in [-0.25, -0.2) is 0 Å². The van der Waals surface area contributed by atoms with Gasteiger partial charge in [-0.1, -0.05) is 43.9 Å². The van der Waals surface area contributed by atoms with Crippen molar-refractivity contribution in [3.8, 4) is 0 Å². The van der Waals surface area contributed by atoms with E-state index in [1.54, 1.807) is 11.0 Å². The first kappa shape index (κ1) is 19.8. The summed E-state index contributed by atoms with van der Waals surface area (Å²) in [5.41, 5.74) is -1.06. The van der Waals surface area contributed by atoms with Crippen molar-refractivity contribution in [2.75, 3.05) is 6.54 Å². The van der Waals surface area contributed by atoms with Crippen LogP contribution in [0.2, 0.25) is 0 Å². The average molecular weight is 414 g/mol. The lowest BCUT2D eigenvalue weighted by Gasteiger charge is -2.32. The molecule has 2 saturated carbocycles. The molecule has 2 N–H and O–H groups in total. The summed E-state index contributed by atoms with van der Waals surface area (Å²) < 4.78 is 6.30. The summed E-state index contributed by atoms with van der Waals surface area (Å²) in [5.74, 6) is -1.72. The van der Waals surface area contributed by atoms with E-state index in [0.29, 0.717) is 0 Å². The summed E-state index contributed by atoms with van der Waals surface area (Å²) in [5, 5.41) is 6.28. The molecule has 5 rings (SSSR count). The number of ether oxygens (including phenoxy) is 1. The first-order chi connectivity index (χ1) is 14.5. The predicted molar refractivity (Wildman–Crippen MR) is 110 cm³/mol. The highest BCUT2D eigenvalue weighted by Gasteiger charge is 2.72. The Morgan fingerprint density at radius 1 is 1.10 bits per heavy atom. The number of hydrogen-bond donors (Lipinski definition) is 2. The fourth-order valence-corrected chi connectivity index (χ4v) is 6.32. The Morgan fingerprint density at radius 2 is 1.70 bits per heavy atom. The molecule has 2 aliphatic carbocycles. The smallest absolute Gasteiger partial charge is 0.246 e. The molecule has 0 aromatic rings. The van der Waals surface area contributed by atoms with Gasteiger partial charge >= 0.3 is 0 Å². The number of amides is 3. The largest absolute Gasteiger partial charge is 0.359 e. The van der Waals surface area contributed by atoms with Gasteiger partial charge in [0.05, 0.1) is 17.9 Å². The fraction of sp³-hybridized carbons (Fsp3) is 0.696. The number of carbonyl (C=O) groups is 3. The van der Waals surface area contributed by atoms with E-state index in [1.165, 1.54) is 0 Å². The third-order valence-electron chi connectivity index (χ3n) is 7.65. The molecule has 30 heavy (non-hydrogen) atoms. The lowest BCUT2D eigenvalue weighted by Crippen LogP contribution is -2.56. The molecule has 0 aromatic carbocycles. The van der Waals surface area contributed by atoms with E-state index in [9.17, 15) is 14.4 Å². The van der Waals surface area contributed by atoms with Crippen LogP contribution in [-0.2, 0) is 19.1 Å². The summed E-state index contributed by atoms with van der Waals surface area (Å²) in [6, 6.07) is -0.435. The van der Waals surface area contributed by atoms with E-state index in [2.05, 4.69) is 17.2 Å². The van der Waals surface area contributed by atoms with Crippen molar-refractivity contribution in [3.63, 3.8) is 0 Å². The van der Waals surface area contributed by atoms with E-state index in [4.69, 9.17) is 4.74 Å². The SMILES string of the molecule is C=CCN1C(=O)[C@H]2[C@@H](C(=O)NC3CCCC3)[C@H]3C=C[C@@]2(O3)[C@@H]1C(=O)NC1CCCC1. The fourth-order valence-electron chi connectivity index (χ4n) is 6.32. The van der Waals surface area contributed by atoms with Crippen molar-refractivity contribution in [2.45, 2.75) is 81.2 Å². The van der Waals surface area contributed by atoms with Crippen molar-refractivity contribution in [1.82, 2.24) is 15.5 Å². The maximum Gasteiger partial charge on any atom is 0.246 e. The Bertz CT molecular complexity index is 783. The molecule has 7 heteroatoms. The number of likely N-dealkylation sites (tertiary alicyclic amines) is 1. The Morgan fingerprint density at radius 3 is 2.30 bits per heavy atom. The quantitative estimate of drug-likeness (QED) is 0.645. The van der Waals surface area contributed by atoms with Gasteiger partial charge in [-0.05, 0) is 25.7 Å². The van der Waals surface area contributed by atoms with Gasteiger partial charge in [-0.3, -0.25) is 14.4 Å². The minimum absolute atomic E-state index is 0.119. The molecule has 5 atom stereocenters. The first-order valence-electron chi connectivity index (χ1n) is 11.4. The molecule has 3 amide bonds. The third kappa shape index (κ3) is 2.93. The van der Waals surface area contributed by atoms with Crippen LogP contribution >= 0.6 is 0 Å². The molecular weight excluding hydrogens is 382 g/mol. The minimum Gasteiger partial charge on any atom is -0.359 e. The van der Waals surface area contributed by atoms with E-state index in [0.717, 1.165) is 51.4 Å². The van der Waals surface area contributed by atoms with Crippen LogP contribution in [0.15, 0.2) is 24.8 Å². The van der Waals surface area contributed by atoms with Gasteiger partial charge in [0, 0.05) is 18.6 Å². The number of fused-ring (bicyclic) bond motifs is 1. The van der Waals surface area contributed by atoms with Gasteiger partial charge in [0.1, 0.15) is 11.6 Å². The van der Waals surface area contributed by atoms with Crippen LogP contribution in [0.4, 0.5) is 0 Å². The second kappa shape index (κ2) is 7.52. The molecule has 0 radical (unpaired) electrons. The second-order valence-corrected chi connectivity index (χ2v) is 9.46. The number of carbonyl (C=O) groups excluding carboxylic acids is 3. The summed E-state index contributed by atoms with van der Waals surface area (Å²) in [6.07, 6.45) is 13.3. The molecule has 3 aliphatic heterocycles. The normalized spacial score (nSPS) is 37.7. The third-order valence-corrected chi connectivity index (χ3v) is 7.65. The summed E-state index contributed by atoms with van der Waals surface area (Å²) in [7, 11) is 0. The Kier molecular flexibility index (Phi) is 4.96. The molecule has 7 nitrogen and oxygen atoms in total. The molecule has 4 fully saturated rings. The predicted octanol–water partition coefficient (Wildman–Crippen LogP) is 1.44. The lowest BCUT2D eigenvalue weighted by molar-refractivity contribution is -0.141. The van der Waals surface area contributed by atoms with Gasteiger partial charge in [0.25, 0.3) is 0 Å². The molecule has 2 saturated heterocycles. The van der Waals surface area contributed by atoms with Gasteiger partial charge in [0.15, 0.2) is 0 Å². The zero-order valence-electron chi connectivity index (χ0n) is 17.3. The maximum atomic E-state index is 13.5. The highest BCUT2D eigenvalue weighted by molar-refractivity contribution is 6.00. The van der Waals surface area contributed by atoms with Crippen molar-refractivity contribution in [3.05, 3.63) is 24.8 Å². The van der Waals surface area contributed by atoms with Gasteiger partial charge in [-0.2, -0.15) is 0 Å². The van der Waals surface area contributed by atoms with Crippen LogP contribution in [-0.4, -0.2) is 59.0 Å². The van der Waals surface area contributed by atoms with Gasteiger partial charge in [-0.15, -0.1) is 6.58 Å². The molecule has 0 unspecified atom stereocenters. The Labute approximate surface area is 177 Å². The van der Waals surface area contributed by atoms with Crippen molar-refractivity contribution in [1.29, 1.82) is 0 Å². The summed E-state index contributed by atoms with van der Waals surface area (Å²) in [4.78, 5) is 41.6. The first-order valence-corrected chi connectivity index (χ1v) is 11.4. The van der Waals surface area contributed by atoms with Crippen LogP contribution < -0.4 is 10.6 Å². The summed E-state index contributed by atoms with van der Waals surface area (Å²) in [6.45, 7) is 4.03. The highest BCUT2D eigenvalue weighted by atomic mass is 16.5. The molecule has 2 bridgehead atoms. The molecular formula is C23H31N3O4. The maximum absolute atomic E-state index is 13.5. The summed E-state index contributed by atoms with van der Waals surface area (Å²) >= 11 is 0. The molecule has 0 aromatic heterocycles. The molecule has 5 aliphatic rings. The van der Waals surface area contributed by atoms with E-state index < -0.39 is 29.6 Å². The molecule has 3 heterocycles. The zero-order chi connectivity index (χ0) is 20.9. The number of nitrogens with zero attached hydrogens (tertiary/aromatic N) is 1. The standard InChI is InChI=1S/C23H31N3O4/c1-2-13-26-19(21(28)25-15-9-5-6-10-15)23-12-11-16(30-23)17(18(23)22(26)29)20(27)24-14-7-3-4-8-14/h2,11-12,14-19H,1,3-10,13H2,(H,24,27)(H,25,28)/t16-,17+,18-,19+,23+/m1/s1. The number of nitrogens with one attached hydrogen (secondary N) is 2. The van der Waals surface area contributed by atoms with Gasteiger partial charge < -0.3 is 20.3 Å². The Hall–Kier alpha value is -2.15. The monoisotopic (exact) mass is 413 g/mol. The van der Waals surface area contributed by atoms with Crippen LogP contribution in [0.1, 0.15) is 51.4 Å². The Balaban J connectivity index is 1.42. The minimum atomic E-state index is -1.06. The topological polar surface area (TPSA) is 87.7 Å². The number of hydrogen-bond acceptors (Lipinski definition) is 4. The number of rotatable bonds is 6. The van der Waals surface area contributed by atoms with Crippen LogP contribution in [0, 0.1) is 11.8 Å². The van der Waals surface area contributed by atoms with Gasteiger partial charge in [0.2, 0.25) is 17.7 Å². The van der Waals surface area contributed by atoms with Crippen LogP contribution in [0.3, 0.4) is 0 Å². The average Bonchev–Trinajstić information content (AvgIpc) is 3.51. The molecule has 1 spiro atoms. The lowest BCUT2D eigenvalue weighted by atomic mass is 9.74. The van der Waals surface area contributed by atoms with Crippen LogP contribution in [0.25, 0.3) is 0 Å². The second-order valence-electron chi connectivity index (χ2n) is 9.46. The van der Waals surface area contributed by atoms with E-state index in [1.807, 2.05) is 12.2 Å². The molecule has 162 valence electrons. The van der Waals surface area contributed by atoms with Crippen LogP contribution in [0.5, 0.6) is 0 Å². The van der Waals surface area contributed by atoms with E-state index >= 15 is 0 Å².